The number of carbonyl (C=O) groups excluding carboxylic acids is 8. The molecule has 16 heteroatoms. The molecule has 1 radical (unpaired) electrons. The van der Waals surface area contributed by atoms with Crippen LogP contribution >= 0.6 is 0 Å². The molecule has 1 aromatic rings. The van der Waals surface area contributed by atoms with Crippen LogP contribution in [-0.4, -0.2) is 95.5 Å². The van der Waals surface area contributed by atoms with Gasteiger partial charge in [0.15, 0.2) is 5.78 Å². The van der Waals surface area contributed by atoms with Crippen molar-refractivity contribution >= 4 is 54.0 Å². The molecule has 6 atom stereocenters. The van der Waals surface area contributed by atoms with Gasteiger partial charge in [-0.1, -0.05) is 65.8 Å². The lowest BCUT2D eigenvalue weighted by molar-refractivity contribution is -0.144. The van der Waals surface area contributed by atoms with Gasteiger partial charge in [-0.05, 0) is 57.4 Å². The van der Waals surface area contributed by atoms with Crippen LogP contribution in [0.15, 0.2) is 24.3 Å². The summed E-state index contributed by atoms with van der Waals surface area (Å²) in [4.78, 5) is 114. The molecule has 0 aliphatic rings. The Balaban J connectivity index is 3.16. The molecule has 0 saturated heterocycles. The van der Waals surface area contributed by atoms with Crippen LogP contribution in [0, 0.1) is 23.7 Å². The van der Waals surface area contributed by atoms with Crippen molar-refractivity contribution in [1.82, 2.24) is 26.6 Å². The summed E-state index contributed by atoms with van der Waals surface area (Å²) in [6.07, 6.45) is 1.54. The number of Topliss-reactive ketones (excluding diaryl/α,β-unsaturated/α-hetero) is 1. The fraction of sp³-hybridized carbons (Fsp3) is 0.595. The Morgan fingerprint density at radius 3 is 1.85 bits per heavy atom. The first-order valence-electron chi connectivity index (χ1n) is 17.4. The van der Waals surface area contributed by atoms with Crippen LogP contribution in [0.5, 0.6) is 0 Å². The van der Waals surface area contributed by atoms with E-state index >= 15 is 0 Å². The van der Waals surface area contributed by atoms with E-state index in [2.05, 4.69) is 26.6 Å². The molecule has 5 amide bonds. The van der Waals surface area contributed by atoms with Gasteiger partial charge in [0.05, 0.1) is 18.5 Å². The second-order valence-corrected chi connectivity index (χ2v) is 14.9. The SMILES string of the molecule is CC(C)C[C@H](NC(=O)OC(C)(C)C)C(=O)N[C@@H](C)C(=O)NCC(=O)N[C@H](C(=O)C(C(=O)N[C@H]([C]=O)C(C(=O)O)C(C)C)c1ccc(C=O)cc1)C(C)C. The third-order valence-electron chi connectivity index (χ3n) is 7.92. The van der Waals surface area contributed by atoms with E-state index in [4.69, 9.17) is 4.74 Å². The lowest BCUT2D eigenvalue weighted by Crippen LogP contribution is -2.55. The van der Waals surface area contributed by atoms with Crippen LogP contribution in [0.25, 0.3) is 0 Å². The van der Waals surface area contributed by atoms with Crippen LogP contribution in [0.4, 0.5) is 4.79 Å². The highest BCUT2D eigenvalue weighted by Gasteiger charge is 2.40. The topological polar surface area (TPSA) is 243 Å². The molecule has 293 valence electrons. The summed E-state index contributed by atoms with van der Waals surface area (Å²) < 4.78 is 5.24. The number of benzene rings is 1. The van der Waals surface area contributed by atoms with Crippen molar-refractivity contribution in [3.63, 3.8) is 0 Å². The number of hydrogen-bond donors (Lipinski definition) is 6. The Hall–Kier alpha value is -5.15. The lowest BCUT2D eigenvalue weighted by atomic mass is 9.84. The van der Waals surface area contributed by atoms with E-state index in [1.54, 1.807) is 54.8 Å². The van der Waals surface area contributed by atoms with Crippen molar-refractivity contribution in [2.45, 2.75) is 111 Å². The van der Waals surface area contributed by atoms with Crippen molar-refractivity contribution in [3.05, 3.63) is 35.4 Å². The molecule has 2 unspecified atom stereocenters. The summed E-state index contributed by atoms with van der Waals surface area (Å²) >= 11 is 0. The minimum atomic E-state index is -1.65. The van der Waals surface area contributed by atoms with Gasteiger partial charge < -0.3 is 36.4 Å². The molecule has 0 aromatic heterocycles. The number of hydrogen-bond acceptors (Lipinski definition) is 10. The fourth-order valence-electron chi connectivity index (χ4n) is 5.28. The minimum Gasteiger partial charge on any atom is -0.481 e. The van der Waals surface area contributed by atoms with Crippen molar-refractivity contribution in [3.8, 4) is 0 Å². The normalized spacial score (nSPS) is 14.8. The molecule has 0 saturated carbocycles. The molecule has 0 heterocycles. The van der Waals surface area contributed by atoms with Gasteiger partial charge in [-0.2, -0.15) is 0 Å². The van der Waals surface area contributed by atoms with Crippen molar-refractivity contribution < 1.29 is 53.0 Å². The highest BCUT2D eigenvalue weighted by atomic mass is 16.6. The summed E-state index contributed by atoms with van der Waals surface area (Å²) in [7, 11) is 0. The maximum Gasteiger partial charge on any atom is 0.408 e. The Bertz CT molecular complexity index is 1480. The Kier molecular flexibility index (Phi) is 18.0. The largest absolute Gasteiger partial charge is 0.481 e. The van der Waals surface area contributed by atoms with Gasteiger partial charge in [0, 0.05) is 5.56 Å². The van der Waals surface area contributed by atoms with E-state index < -0.39 is 101 Å². The van der Waals surface area contributed by atoms with Gasteiger partial charge in [-0.25, -0.2) is 4.79 Å². The first-order chi connectivity index (χ1) is 24.5. The van der Waals surface area contributed by atoms with E-state index in [1.165, 1.54) is 31.2 Å². The molecule has 0 bridgehead atoms. The summed E-state index contributed by atoms with van der Waals surface area (Å²) in [6.45, 7) is 15.8. The average Bonchev–Trinajstić information content (AvgIpc) is 3.04. The zero-order chi connectivity index (χ0) is 40.8. The fourth-order valence-corrected chi connectivity index (χ4v) is 5.28. The Labute approximate surface area is 310 Å². The molecule has 1 rings (SSSR count). The second kappa shape index (κ2) is 20.8. The van der Waals surface area contributed by atoms with Crippen molar-refractivity contribution in [2.24, 2.45) is 23.7 Å². The van der Waals surface area contributed by atoms with E-state index in [-0.39, 0.29) is 23.5 Å². The maximum absolute atomic E-state index is 14.1. The van der Waals surface area contributed by atoms with E-state index in [0.29, 0.717) is 6.29 Å². The van der Waals surface area contributed by atoms with Gasteiger partial charge in [0.1, 0.15) is 35.9 Å². The number of ether oxygens (including phenoxy) is 1. The predicted octanol–water partition coefficient (Wildman–Crippen LogP) is 1.80. The molecule has 0 aliphatic heterocycles. The van der Waals surface area contributed by atoms with Crippen LogP contribution in [0.3, 0.4) is 0 Å². The molecule has 0 fully saturated rings. The standard InChI is InChI=1S/C37H54N5O11/c1-19(2)15-25(41-36(52)53-37(8,9)10)33(48)39-22(7)32(47)38-16-27(45)42-30(21(5)6)31(46)29(24-13-11-23(17-43)12-14-24)34(49)40-26(18-44)28(20(3)4)35(50)51/h11-14,17,19-22,25-26,28-30H,15-16H2,1-10H3,(H,38,47)(H,39,48)(H,40,49)(H,41,52)(H,42,45)(H,50,51)/t22-,25-,26+,28?,29?,30-/m0/s1. The number of carboxylic acids is 1. The number of rotatable bonds is 20. The van der Waals surface area contributed by atoms with Gasteiger partial charge in [-0.3, -0.25) is 38.4 Å². The molecule has 53 heavy (non-hydrogen) atoms. The van der Waals surface area contributed by atoms with Gasteiger partial charge in [0.25, 0.3) is 0 Å². The molecule has 0 aliphatic carbocycles. The second-order valence-electron chi connectivity index (χ2n) is 14.9. The van der Waals surface area contributed by atoms with E-state index in [0.717, 1.165) is 0 Å². The highest BCUT2D eigenvalue weighted by Crippen LogP contribution is 2.24. The zero-order valence-corrected chi connectivity index (χ0v) is 32.0. The van der Waals surface area contributed by atoms with Crippen LogP contribution in [-0.2, 0) is 38.3 Å². The van der Waals surface area contributed by atoms with Crippen LogP contribution < -0.4 is 26.6 Å². The maximum atomic E-state index is 14.1. The number of nitrogens with one attached hydrogen (secondary N) is 5. The summed E-state index contributed by atoms with van der Waals surface area (Å²) in [5.74, 6) is -9.61. The molecule has 16 nitrogen and oxygen atoms in total. The number of carboxylic acid groups (broad SMARTS) is 1. The summed E-state index contributed by atoms with van der Waals surface area (Å²) in [5, 5.41) is 21.9. The first kappa shape index (κ1) is 45.9. The van der Waals surface area contributed by atoms with Gasteiger partial charge in [0.2, 0.25) is 29.9 Å². The lowest BCUT2D eigenvalue weighted by Gasteiger charge is -2.28. The number of alkyl carbamates (subject to hydrolysis) is 1. The van der Waals surface area contributed by atoms with Crippen molar-refractivity contribution in [2.75, 3.05) is 6.54 Å². The molecular weight excluding hydrogens is 690 g/mol. The number of aliphatic carboxylic acids is 1. The van der Waals surface area contributed by atoms with E-state index in [1.807, 2.05) is 13.8 Å². The summed E-state index contributed by atoms with van der Waals surface area (Å²) in [6, 6.07) is 0.365. The van der Waals surface area contributed by atoms with Gasteiger partial charge >= 0.3 is 12.1 Å². The van der Waals surface area contributed by atoms with Crippen molar-refractivity contribution in [1.29, 1.82) is 0 Å². The third-order valence-corrected chi connectivity index (χ3v) is 7.92. The first-order valence-corrected chi connectivity index (χ1v) is 17.4. The Morgan fingerprint density at radius 2 is 1.40 bits per heavy atom. The van der Waals surface area contributed by atoms with Crippen LogP contribution in [0.1, 0.15) is 97.5 Å². The summed E-state index contributed by atoms with van der Waals surface area (Å²) in [5.41, 5.74) is -0.452. The molecule has 6 N–H and O–H groups in total. The third kappa shape index (κ3) is 15.2. The molecular formula is C37H54N5O11. The molecule has 1 aromatic carbocycles. The average molecular weight is 745 g/mol. The van der Waals surface area contributed by atoms with Crippen LogP contribution in [0.2, 0.25) is 0 Å². The number of amides is 5. The quantitative estimate of drug-likeness (QED) is 0.0831. The number of aldehydes is 1. The monoisotopic (exact) mass is 744 g/mol. The highest BCUT2D eigenvalue weighted by molar-refractivity contribution is 6.10. The predicted molar refractivity (Wildman–Crippen MR) is 193 cm³/mol. The minimum absolute atomic E-state index is 0.00186. The zero-order valence-electron chi connectivity index (χ0n) is 32.0. The number of ketones is 1. The Morgan fingerprint density at radius 1 is 0.811 bits per heavy atom. The number of carbonyl (C=O) groups is 8. The smallest absolute Gasteiger partial charge is 0.408 e. The van der Waals surface area contributed by atoms with Gasteiger partial charge in [-0.15, -0.1) is 0 Å². The van der Waals surface area contributed by atoms with E-state index in [9.17, 15) is 48.3 Å². The molecule has 0 spiro atoms.